The molecule has 7 nitrogen and oxygen atoms in total. The van der Waals surface area contributed by atoms with Crippen molar-refractivity contribution in [2.24, 2.45) is 0 Å². The monoisotopic (exact) mass is 368 g/mol. The predicted molar refractivity (Wildman–Crippen MR) is 99.5 cm³/mol. The molecule has 2 aliphatic rings. The van der Waals surface area contributed by atoms with Gasteiger partial charge in [0.2, 0.25) is 5.88 Å². The van der Waals surface area contributed by atoms with Gasteiger partial charge in [0.15, 0.2) is 0 Å². The minimum Gasteiger partial charge on any atom is -0.472 e. The second-order valence-corrected chi connectivity index (χ2v) is 6.92. The smallest absolute Gasteiger partial charge is 0.255 e. The van der Waals surface area contributed by atoms with Crippen LogP contribution in [0.25, 0.3) is 0 Å². The summed E-state index contributed by atoms with van der Waals surface area (Å²) in [6, 6.07) is 7.60. The molecule has 0 spiro atoms. The lowest BCUT2D eigenvalue weighted by Gasteiger charge is -2.34. The van der Waals surface area contributed by atoms with Gasteiger partial charge in [0.1, 0.15) is 6.10 Å². The number of hydrogen-bond acceptors (Lipinski definition) is 6. The Kier molecular flexibility index (Phi) is 5.60. The largest absolute Gasteiger partial charge is 0.472 e. The van der Waals surface area contributed by atoms with Crippen LogP contribution >= 0.6 is 0 Å². The number of rotatable bonds is 5. The standard InChI is InChI=1S/C20H24N4O3/c25-20(17-3-4-19(22-13-17)27-18-5-11-26-15-18)24-9-7-23(8-10-24)14-16-2-1-6-21-12-16/h1-4,6,12-13,18H,5,7-11,14-15H2. The van der Waals surface area contributed by atoms with Crippen molar-refractivity contribution in [3.05, 3.63) is 54.0 Å². The number of ether oxygens (including phenoxy) is 2. The van der Waals surface area contributed by atoms with Gasteiger partial charge < -0.3 is 14.4 Å². The van der Waals surface area contributed by atoms with Crippen LogP contribution in [0.15, 0.2) is 42.9 Å². The third kappa shape index (κ3) is 4.61. The van der Waals surface area contributed by atoms with Crippen LogP contribution in [0.3, 0.4) is 0 Å². The second kappa shape index (κ2) is 8.45. The van der Waals surface area contributed by atoms with Crippen molar-refractivity contribution in [1.82, 2.24) is 19.8 Å². The van der Waals surface area contributed by atoms with Crippen LogP contribution in [0.1, 0.15) is 22.3 Å². The van der Waals surface area contributed by atoms with E-state index in [0.717, 1.165) is 45.8 Å². The summed E-state index contributed by atoms with van der Waals surface area (Å²) in [6.45, 7) is 5.36. The highest BCUT2D eigenvalue weighted by Gasteiger charge is 2.23. The van der Waals surface area contributed by atoms with Gasteiger partial charge in [0, 0.05) is 63.8 Å². The Balaban J connectivity index is 1.28. The van der Waals surface area contributed by atoms with Gasteiger partial charge in [0.05, 0.1) is 18.8 Å². The Morgan fingerprint density at radius 2 is 2.07 bits per heavy atom. The molecule has 2 aliphatic heterocycles. The summed E-state index contributed by atoms with van der Waals surface area (Å²) in [5.74, 6) is 0.572. The van der Waals surface area contributed by atoms with E-state index in [-0.39, 0.29) is 12.0 Å². The summed E-state index contributed by atoms with van der Waals surface area (Å²) in [5.41, 5.74) is 1.80. The fourth-order valence-corrected chi connectivity index (χ4v) is 3.39. The van der Waals surface area contributed by atoms with Crippen LogP contribution in [-0.4, -0.2) is 71.2 Å². The third-order valence-corrected chi connectivity index (χ3v) is 4.95. The molecule has 4 rings (SSSR count). The number of amides is 1. The van der Waals surface area contributed by atoms with E-state index in [1.165, 1.54) is 5.56 Å². The molecule has 0 radical (unpaired) electrons. The zero-order chi connectivity index (χ0) is 18.5. The van der Waals surface area contributed by atoms with Crippen molar-refractivity contribution in [2.45, 2.75) is 19.1 Å². The fourth-order valence-electron chi connectivity index (χ4n) is 3.39. The van der Waals surface area contributed by atoms with Crippen molar-refractivity contribution in [3.8, 4) is 5.88 Å². The lowest BCUT2D eigenvalue weighted by atomic mass is 10.2. The zero-order valence-electron chi connectivity index (χ0n) is 15.3. The molecule has 142 valence electrons. The van der Waals surface area contributed by atoms with E-state index in [0.29, 0.717) is 18.1 Å². The van der Waals surface area contributed by atoms with Crippen LogP contribution in [0.4, 0.5) is 0 Å². The Labute approximate surface area is 158 Å². The lowest BCUT2D eigenvalue weighted by Crippen LogP contribution is -2.48. The molecule has 0 aliphatic carbocycles. The van der Waals surface area contributed by atoms with Gasteiger partial charge in [-0.3, -0.25) is 14.7 Å². The molecule has 0 aromatic carbocycles. The van der Waals surface area contributed by atoms with Crippen LogP contribution in [0.5, 0.6) is 5.88 Å². The first-order valence-electron chi connectivity index (χ1n) is 9.39. The lowest BCUT2D eigenvalue weighted by molar-refractivity contribution is 0.0627. The van der Waals surface area contributed by atoms with E-state index < -0.39 is 0 Å². The van der Waals surface area contributed by atoms with E-state index in [2.05, 4.69) is 20.9 Å². The summed E-state index contributed by atoms with van der Waals surface area (Å²) in [7, 11) is 0. The van der Waals surface area contributed by atoms with Crippen LogP contribution in [0.2, 0.25) is 0 Å². The molecule has 7 heteroatoms. The van der Waals surface area contributed by atoms with E-state index >= 15 is 0 Å². The average molecular weight is 368 g/mol. The SMILES string of the molecule is O=C(c1ccc(OC2CCOC2)nc1)N1CCN(Cc2cccnc2)CC1. The van der Waals surface area contributed by atoms with Gasteiger partial charge in [-0.25, -0.2) is 4.98 Å². The van der Waals surface area contributed by atoms with Gasteiger partial charge in [-0.05, 0) is 17.7 Å². The quantitative estimate of drug-likeness (QED) is 0.799. The molecular formula is C20H24N4O3. The van der Waals surface area contributed by atoms with Crippen LogP contribution in [0, 0.1) is 0 Å². The highest BCUT2D eigenvalue weighted by atomic mass is 16.5. The molecule has 1 unspecified atom stereocenters. The molecule has 1 atom stereocenters. The Morgan fingerprint density at radius 1 is 1.19 bits per heavy atom. The van der Waals surface area contributed by atoms with Crippen molar-refractivity contribution in [1.29, 1.82) is 0 Å². The first-order valence-corrected chi connectivity index (χ1v) is 9.39. The summed E-state index contributed by atoms with van der Waals surface area (Å²) in [5, 5.41) is 0. The van der Waals surface area contributed by atoms with Gasteiger partial charge in [-0.2, -0.15) is 0 Å². The van der Waals surface area contributed by atoms with Gasteiger partial charge in [-0.1, -0.05) is 6.07 Å². The van der Waals surface area contributed by atoms with Crippen molar-refractivity contribution >= 4 is 5.91 Å². The summed E-state index contributed by atoms with van der Waals surface area (Å²) < 4.78 is 11.0. The van der Waals surface area contributed by atoms with Crippen molar-refractivity contribution < 1.29 is 14.3 Å². The van der Waals surface area contributed by atoms with Gasteiger partial charge in [0.25, 0.3) is 5.91 Å². The average Bonchev–Trinajstić information content (AvgIpc) is 3.22. The maximum absolute atomic E-state index is 12.7. The predicted octanol–water partition coefficient (Wildman–Crippen LogP) is 1.60. The number of hydrogen-bond donors (Lipinski definition) is 0. The molecule has 4 heterocycles. The Hall–Kier alpha value is -2.51. The van der Waals surface area contributed by atoms with E-state index in [1.54, 1.807) is 24.5 Å². The number of carbonyl (C=O) groups excluding carboxylic acids is 1. The van der Waals surface area contributed by atoms with Crippen molar-refractivity contribution in [3.63, 3.8) is 0 Å². The minimum absolute atomic E-state index is 0.0271. The number of pyridine rings is 2. The molecule has 0 bridgehead atoms. The Bertz CT molecular complexity index is 740. The summed E-state index contributed by atoms with van der Waals surface area (Å²) >= 11 is 0. The summed E-state index contributed by atoms with van der Waals surface area (Å²) in [4.78, 5) is 25.4. The highest BCUT2D eigenvalue weighted by Crippen LogP contribution is 2.16. The molecule has 1 amide bonds. The molecule has 0 N–H and O–H groups in total. The van der Waals surface area contributed by atoms with Crippen LogP contribution < -0.4 is 4.74 Å². The number of nitrogens with zero attached hydrogens (tertiary/aromatic N) is 4. The van der Waals surface area contributed by atoms with Crippen LogP contribution in [-0.2, 0) is 11.3 Å². The first kappa shape index (κ1) is 17.9. The minimum atomic E-state index is 0.0271. The van der Waals surface area contributed by atoms with E-state index in [1.807, 2.05) is 17.2 Å². The highest BCUT2D eigenvalue weighted by molar-refractivity contribution is 5.94. The van der Waals surface area contributed by atoms with E-state index in [4.69, 9.17) is 9.47 Å². The molecule has 27 heavy (non-hydrogen) atoms. The second-order valence-electron chi connectivity index (χ2n) is 6.92. The molecule has 2 aromatic heterocycles. The fraction of sp³-hybridized carbons (Fsp3) is 0.450. The zero-order valence-corrected chi connectivity index (χ0v) is 15.3. The molecule has 0 saturated carbocycles. The molecule has 2 saturated heterocycles. The van der Waals surface area contributed by atoms with Gasteiger partial charge >= 0.3 is 0 Å². The summed E-state index contributed by atoms with van der Waals surface area (Å²) in [6.07, 6.45) is 6.23. The molecule has 2 fully saturated rings. The number of piperazine rings is 1. The Morgan fingerprint density at radius 3 is 2.74 bits per heavy atom. The maximum Gasteiger partial charge on any atom is 0.255 e. The molecular weight excluding hydrogens is 344 g/mol. The topological polar surface area (TPSA) is 67.8 Å². The van der Waals surface area contributed by atoms with Gasteiger partial charge in [-0.15, -0.1) is 0 Å². The first-order chi connectivity index (χ1) is 13.3. The van der Waals surface area contributed by atoms with Crippen molar-refractivity contribution in [2.75, 3.05) is 39.4 Å². The van der Waals surface area contributed by atoms with E-state index in [9.17, 15) is 4.79 Å². The molecule has 2 aromatic rings. The number of aromatic nitrogens is 2. The normalized spacial score (nSPS) is 20.6. The number of carbonyl (C=O) groups is 1. The third-order valence-electron chi connectivity index (χ3n) is 4.95. The maximum atomic E-state index is 12.7.